The lowest BCUT2D eigenvalue weighted by Crippen LogP contribution is -2.53. The molecule has 9 nitrogen and oxygen atoms in total. The zero-order valence-corrected chi connectivity index (χ0v) is 29.5. The van der Waals surface area contributed by atoms with Gasteiger partial charge >= 0.3 is 0 Å². The van der Waals surface area contributed by atoms with Crippen LogP contribution in [-0.2, 0) is 13.0 Å². The minimum Gasteiger partial charge on any atom is -0.504 e. The van der Waals surface area contributed by atoms with Gasteiger partial charge < -0.3 is 29.1 Å². The van der Waals surface area contributed by atoms with Gasteiger partial charge in [-0.3, -0.25) is 14.5 Å². The molecule has 0 aliphatic carbocycles. The molecule has 0 bridgehead atoms. The molecule has 9 heteroatoms. The van der Waals surface area contributed by atoms with E-state index in [1.807, 2.05) is 50.9 Å². The molecule has 1 saturated heterocycles. The summed E-state index contributed by atoms with van der Waals surface area (Å²) in [5, 5.41) is 11.9. The van der Waals surface area contributed by atoms with Gasteiger partial charge in [-0.05, 0) is 49.6 Å². The molecule has 260 valence electrons. The molecule has 6 rings (SSSR count). The van der Waals surface area contributed by atoms with Crippen molar-refractivity contribution in [2.45, 2.75) is 58.5 Å². The Bertz CT molecular complexity index is 1770. The number of aromatic hydroxyl groups is 1. The standard InChI is InChI=1S/C40H51N5O4/c1-5-7-17-43(18-8-6-2)39(47)34-28-45(35-16-12-11-15-32(34)35)36-25-38(49-4)37(46)24-33(36)40(48)44-26-30-14-10-9-13-29(30)23-31(44)27-42-21-19-41(3)20-22-42/h9-16,24-25,28,31,46H,5-8,17-23,26-27H2,1-4H3/t31-/m0/s1. The summed E-state index contributed by atoms with van der Waals surface area (Å²) in [6.45, 7) is 10.9. The van der Waals surface area contributed by atoms with Crippen molar-refractivity contribution in [2.75, 3.05) is 60.0 Å². The van der Waals surface area contributed by atoms with Gasteiger partial charge in [0, 0.05) is 76.0 Å². The fourth-order valence-electron chi connectivity index (χ4n) is 7.30. The van der Waals surface area contributed by atoms with Crippen molar-refractivity contribution < 1.29 is 19.4 Å². The monoisotopic (exact) mass is 665 g/mol. The van der Waals surface area contributed by atoms with Gasteiger partial charge in [0.25, 0.3) is 11.8 Å². The first-order chi connectivity index (χ1) is 23.8. The highest BCUT2D eigenvalue weighted by Crippen LogP contribution is 2.37. The van der Waals surface area contributed by atoms with Crippen molar-refractivity contribution in [1.82, 2.24) is 24.2 Å². The zero-order valence-electron chi connectivity index (χ0n) is 29.5. The first-order valence-electron chi connectivity index (χ1n) is 17.9. The number of carbonyl (C=O) groups is 2. The Balaban J connectivity index is 1.43. The number of hydrogen-bond donors (Lipinski definition) is 1. The van der Waals surface area contributed by atoms with E-state index in [4.69, 9.17) is 4.74 Å². The number of amides is 2. The van der Waals surface area contributed by atoms with Crippen molar-refractivity contribution in [3.63, 3.8) is 0 Å². The molecule has 49 heavy (non-hydrogen) atoms. The highest BCUT2D eigenvalue weighted by Gasteiger charge is 2.34. The van der Waals surface area contributed by atoms with Gasteiger partial charge in [0.1, 0.15) is 0 Å². The summed E-state index contributed by atoms with van der Waals surface area (Å²) in [4.78, 5) is 37.9. The lowest BCUT2D eigenvalue weighted by Gasteiger charge is -2.41. The Kier molecular flexibility index (Phi) is 10.9. The number of fused-ring (bicyclic) bond motifs is 2. The highest BCUT2D eigenvalue weighted by molar-refractivity contribution is 6.08. The Morgan fingerprint density at radius 1 is 0.898 bits per heavy atom. The molecule has 4 aromatic rings. The van der Waals surface area contributed by atoms with Crippen LogP contribution in [0, 0.1) is 0 Å². The molecule has 1 N–H and O–H groups in total. The Labute approximate surface area is 290 Å². The van der Waals surface area contributed by atoms with E-state index in [-0.39, 0.29) is 29.4 Å². The summed E-state index contributed by atoms with van der Waals surface area (Å²) in [6, 6.07) is 19.5. The zero-order chi connectivity index (χ0) is 34.5. The molecule has 1 fully saturated rings. The van der Waals surface area contributed by atoms with Crippen molar-refractivity contribution in [3.05, 3.63) is 89.1 Å². The summed E-state index contributed by atoms with van der Waals surface area (Å²) in [5.74, 6) is 0.0125. The molecule has 0 spiro atoms. The van der Waals surface area contributed by atoms with Crippen molar-refractivity contribution in [3.8, 4) is 17.2 Å². The van der Waals surface area contributed by atoms with Gasteiger partial charge in [0.05, 0.1) is 29.4 Å². The van der Waals surface area contributed by atoms with Crippen LogP contribution in [0.1, 0.15) is 71.4 Å². The molecule has 1 atom stereocenters. The molecule has 2 aliphatic heterocycles. The Morgan fingerprint density at radius 2 is 1.57 bits per heavy atom. The van der Waals surface area contributed by atoms with E-state index in [2.05, 4.69) is 48.9 Å². The second kappa shape index (κ2) is 15.5. The molecule has 2 amide bonds. The maximum absolute atomic E-state index is 14.9. The molecule has 0 saturated carbocycles. The van der Waals surface area contributed by atoms with Crippen LogP contribution in [-0.4, -0.2) is 107 Å². The number of aromatic nitrogens is 1. The van der Waals surface area contributed by atoms with E-state index in [0.29, 0.717) is 36.4 Å². The number of rotatable bonds is 12. The number of piperazine rings is 1. The van der Waals surface area contributed by atoms with Crippen molar-refractivity contribution in [2.24, 2.45) is 0 Å². The second-order valence-corrected chi connectivity index (χ2v) is 13.6. The molecular formula is C40H51N5O4. The van der Waals surface area contributed by atoms with Crippen LogP contribution in [0.2, 0.25) is 0 Å². The SMILES string of the molecule is CCCCN(CCCC)C(=O)c1cn(-c2cc(OC)c(O)cc2C(=O)N2Cc3ccccc3C[C@H]2CN2CCN(C)CC2)c2ccccc12. The van der Waals surface area contributed by atoms with Gasteiger partial charge in [-0.25, -0.2) is 0 Å². The van der Waals surface area contributed by atoms with E-state index in [9.17, 15) is 14.7 Å². The van der Waals surface area contributed by atoms with E-state index in [1.54, 1.807) is 6.07 Å². The topological polar surface area (TPSA) is 81.5 Å². The third kappa shape index (κ3) is 7.33. The number of phenols is 1. The van der Waals surface area contributed by atoms with Crippen LogP contribution in [0.25, 0.3) is 16.6 Å². The van der Waals surface area contributed by atoms with Crippen molar-refractivity contribution in [1.29, 1.82) is 0 Å². The third-order valence-corrected chi connectivity index (χ3v) is 10.3. The van der Waals surface area contributed by atoms with Crippen LogP contribution < -0.4 is 4.74 Å². The average Bonchev–Trinajstić information content (AvgIpc) is 3.51. The molecule has 0 radical (unpaired) electrons. The molecule has 2 aliphatic rings. The van der Waals surface area contributed by atoms with E-state index in [1.165, 1.54) is 18.7 Å². The quantitative estimate of drug-likeness (QED) is 0.194. The maximum atomic E-state index is 14.9. The molecule has 1 aromatic heterocycles. The van der Waals surface area contributed by atoms with E-state index < -0.39 is 0 Å². The number of unbranched alkanes of at least 4 members (excludes halogenated alkanes) is 2. The van der Waals surface area contributed by atoms with Gasteiger partial charge in [-0.15, -0.1) is 0 Å². The van der Waals surface area contributed by atoms with E-state index in [0.717, 1.165) is 81.3 Å². The lowest BCUT2D eigenvalue weighted by atomic mass is 9.92. The smallest absolute Gasteiger partial charge is 0.256 e. The van der Waals surface area contributed by atoms with Gasteiger partial charge in [0.15, 0.2) is 11.5 Å². The largest absolute Gasteiger partial charge is 0.504 e. The predicted molar refractivity (Wildman–Crippen MR) is 195 cm³/mol. The minimum absolute atomic E-state index is 0.00431. The summed E-state index contributed by atoms with van der Waals surface area (Å²) >= 11 is 0. The van der Waals surface area contributed by atoms with Crippen LogP contribution in [0.5, 0.6) is 11.5 Å². The number of methoxy groups -OCH3 is 1. The second-order valence-electron chi connectivity index (χ2n) is 13.6. The van der Waals surface area contributed by atoms with Crippen molar-refractivity contribution >= 4 is 22.7 Å². The van der Waals surface area contributed by atoms with Gasteiger partial charge in [-0.1, -0.05) is 69.2 Å². The third-order valence-electron chi connectivity index (χ3n) is 10.3. The lowest BCUT2D eigenvalue weighted by molar-refractivity contribution is 0.0535. The van der Waals surface area contributed by atoms with Crippen LogP contribution in [0.15, 0.2) is 66.9 Å². The van der Waals surface area contributed by atoms with Gasteiger partial charge in [-0.2, -0.15) is 0 Å². The number of phenolic OH excluding ortho intramolecular Hbond substituents is 1. The number of nitrogens with zero attached hydrogens (tertiary/aromatic N) is 5. The number of likely N-dealkylation sites (N-methyl/N-ethyl adjacent to an activating group) is 1. The highest BCUT2D eigenvalue weighted by atomic mass is 16.5. The number of benzene rings is 3. The normalized spacial score (nSPS) is 16.9. The first kappa shape index (κ1) is 34.5. The molecule has 0 unspecified atom stereocenters. The van der Waals surface area contributed by atoms with Crippen LogP contribution in [0.3, 0.4) is 0 Å². The maximum Gasteiger partial charge on any atom is 0.256 e. The Hall–Kier alpha value is -4.34. The fraction of sp³-hybridized carbons (Fsp3) is 0.450. The van der Waals surface area contributed by atoms with Crippen LogP contribution >= 0.6 is 0 Å². The molecular weight excluding hydrogens is 614 g/mol. The fourth-order valence-corrected chi connectivity index (χ4v) is 7.30. The number of hydrogen-bond acceptors (Lipinski definition) is 6. The minimum atomic E-state index is -0.153. The summed E-state index contributed by atoms with van der Waals surface area (Å²) in [5.41, 5.74) is 4.78. The number of para-hydroxylation sites is 1. The Morgan fingerprint density at radius 3 is 2.27 bits per heavy atom. The molecule has 3 heterocycles. The van der Waals surface area contributed by atoms with E-state index >= 15 is 0 Å². The molecule has 3 aromatic carbocycles. The number of carbonyl (C=O) groups excluding carboxylic acids is 2. The summed E-state index contributed by atoms with van der Waals surface area (Å²) in [7, 11) is 3.66. The van der Waals surface area contributed by atoms with Gasteiger partial charge in [0.2, 0.25) is 0 Å². The average molecular weight is 666 g/mol. The summed E-state index contributed by atoms with van der Waals surface area (Å²) < 4.78 is 7.52. The summed E-state index contributed by atoms with van der Waals surface area (Å²) in [6.07, 6.45) is 6.53. The van der Waals surface area contributed by atoms with Crippen LogP contribution in [0.4, 0.5) is 0 Å². The number of ether oxygens (including phenoxy) is 1. The predicted octanol–water partition coefficient (Wildman–Crippen LogP) is 6.20. The first-order valence-corrected chi connectivity index (χ1v) is 17.9.